The molecule has 0 unspecified atom stereocenters. The van der Waals surface area contributed by atoms with E-state index in [1.807, 2.05) is 59.7 Å². The lowest BCUT2D eigenvalue weighted by atomic mass is 9.77. The molecule has 5 heteroatoms. The highest BCUT2D eigenvalue weighted by atomic mass is 16.7. The first-order valence-electron chi connectivity index (χ1n) is 7.36. The van der Waals surface area contributed by atoms with Crippen molar-refractivity contribution in [3.8, 4) is 0 Å². The normalized spacial score (nSPS) is 24.9. The molecule has 0 saturated carbocycles. The van der Waals surface area contributed by atoms with Gasteiger partial charge >= 0.3 is 7.12 Å². The Hall–Kier alpha value is -1.33. The van der Waals surface area contributed by atoms with Crippen molar-refractivity contribution in [2.75, 3.05) is 0 Å². The Bertz CT molecular complexity index is 606. The molecule has 2 heterocycles. The molecule has 0 spiro atoms. The second kappa shape index (κ2) is 4.11. The van der Waals surface area contributed by atoms with E-state index >= 15 is 0 Å². The molecule has 4 nitrogen and oxygen atoms in total. The summed E-state index contributed by atoms with van der Waals surface area (Å²) in [5.74, 6) is -0.0339. The first-order valence-corrected chi connectivity index (χ1v) is 7.36. The minimum absolute atomic E-state index is 0.0339. The van der Waals surface area contributed by atoms with Crippen LogP contribution in [-0.2, 0) is 14.8 Å². The van der Waals surface area contributed by atoms with Gasteiger partial charge in [0.2, 0.25) is 0 Å². The van der Waals surface area contributed by atoms with Gasteiger partial charge in [-0.3, -0.25) is 4.79 Å². The lowest BCUT2D eigenvalue weighted by Gasteiger charge is -2.32. The van der Waals surface area contributed by atoms with Gasteiger partial charge in [-0.15, -0.1) is 0 Å². The Morgan fingerprint density at radius 1 is 1.00 bits per heavy atom. The van der Waals surface area contributed by atoms with Crippen molar-refractivity contribution in [3.63, 3.8) is 0 Å². The van der Waals surface area contributed by atoms with Crippen LogP contribution in [0.2, 0.25) is 0 Å². The molecule has 1 N–H and O–H groups in total. The first-order chi connectivity index (χ1) is 9.53. The first kappa shape index (κ1) is 14.6. The molecule has 2 aliphatic heterocycles. The number of fused-ring (bicyclic) bond motifs is 1. The maximum absolute atomic E-state index is 12.1. The number of hydrogen-bond acceptors (Lipinski definition) is 3. The Labute approximate surface area is 126 Å². The van der Waals surface area contributed by atoms with Crippen molar-refractivity contribution < 1.29 is 14.1 Å². The Balaban J connectivity index is 1.97. The summed E-state index contributed by atoms with van der Waals surface area (Å²) >= 11 is 0. The van der Waals surface area contributed by atoms with Crippen molar-refractivity contribution in [3.05, 3.63) is 29.3 Å². The predicted octanol–water partition coefficient (Wildman–Crippen LogP) is 1.96. The van der Waals surface area contributed by atoms with Gasteiger partial charge in [0, 0.05) is 5.56 Å². The second-order valence-corrected chi connectivity index (χ2v) is 7.47. The smallest absolute Gasteiger partial charge is 0.399 e. The predicted molar refractivity (Wildman–Crippen MR) is 82.7 cm³/mol. The largest absolute Gasteiger partial charge is 0.494 e. The van der Waals surface area contributed by atoms with E-state index in [0.717, 1.165) is 11.0 Å². The van der Waals surface area contributed by atoms with Crippen LogP contribution in [0, 0.1) is 0 Å². The summed E-state index contributed by atoms with van der Waals surface area (Å²) in [7, 11) is -0.434. The number of amides is 1. The lowest BCUT2D eigenvalue weighted by Crippen LogP contribution is -2.41. The zero-order valence-corrected chi connectivity index (χ0v) is 13.5. The molecule has 1 aromatic carbocycles. The Morgan fingerprint density at radius 3 is 2.14 bits per heavy atom. The van der Waals surface area contributed by atoms with Crippen LogP contribution in [0.5, 0.6) is 0 Å². The van der Waals surface area contributed by atoms with Gasteiger partial charge < -0.3 is 14.6 Å². The fraction of sp³-hybridized carbons (Fsp3) is 0.562. The quantitative estimate of drug-likeness (QED) is 0.803. The van der Waals surface area contributed by atoms with Crippen molar-refractivity contribution in [1.82, 2.24) is 5.32 Å². The van der Waals surface area contributed by atoms with Gasteiger partial charge in [-0.25, -0.2) is 0 Å². The van der Waals surface area contributed by atoms with Crippen LogP contribution in [0.1, 0.15) is 57.5 Å². The third kappa shape index (κ3) is 2.10. The highest BCUT2D eigenvalue weighted by molar-refractivity contribution is 6.62. The molecule has 0 aromatic heterocycles. The SMILES string of the molecule is CC1(C)NC(=O)c2cc(B3OC(C)(C)C(C)(C)O3)ccc21. The van der Waals surface area contributed by atoms with Crippen molar-refractivity contribution in [2.24, 2.45) is 0 Å². The molecule has 112 valence electrons. The van der Waals surface area contributed by atoms with Crippen LogP contribution in [0.4, 0.5) is 0 Å². The highest BCUT2D eigenvalue weighted by Crippen LogP contribution is 2.37. The van der Waals surface area contributed by atoms with E-state index in [1.54, 1.807) is 0 Å². The minimum atomic E-state index is -0.434. The van der Waals surface area contributed by atoms with Crippen LogP contribution in [0.3, 0.4) is 0 Å². The van der Waals surface area contributed by atoms with Crippen LogP contribution >= 0.6 is 0 Å². The minimum Gasteiger partial charge on any atom is -0.399 e. The average molecular weight is 287 g/mol. The molecule has 0 aliphatic carbocycles. The molecule has 21 heavy (non-hydrogen) atoms. The summed E-state index contributed by atoms with van der Waals surface area (Å²) in [5.41, 5.74) is 1.55. The van der Waals surface area contributed by atoms with Gasteiger partial charge in [0.15, 0.2) is 0 Å². The summed E-state index contributed by atoms with van der Waals surface area (Å²) in [6, 6.07) is 5.87. The number of hydrogen-bond donors (Lipinski definition) is 1. The number of carbonyl (C=O) groups is 1. The highest BCUT2D eigenvalue weighted by Gasteiger charge is 2.52. The lowest BCUT2D eigenvalue weighted by molar-refractivity contribution is 0.00578. The fourth-order valence-corrected chi connectivity index (χ4v) is 2.84. The summed E-state index contributed by atoms with van der Waals surface area (Å²) in [6.45, 7) is 12.1. The molecular weight excluding hydrogens is 265 g/mol. The summed E-state index contributed by atoms with van der Waals surface area (Å²) in [5, 5.41) is 2.99. The van der Waals surface area contributed by atoms with Gasteiger partial charge in [-0.05, 0) is 58.6 Å². The third-order valence-electron chi connectivity index (χ3n) is 4.91. The zero-order valence-electron chi connectivity index (χ0n) is 13.5. The monoisotopic (exact) mass is 287 g/mol. The molecule has 1 aromatic rings. The van der Waals surface area contributed by atoms with Gasteiger partial charge in [-0.2, -0.15) is 0 Å². The van der Waals surface area contributed by atoms with E-state index in [4.69, 9.17) is 9.31 Å². The van der Waals surface area contributed by atoms with Crippen LogP contribution in [0.25, 0.3) is 0 Å². The van der Waals surface area contributed by atoms with E-state index < -0.39 is 7.12 Å². The summed E-state index contributed by atoms with van der Waals surface area (Å²) in [6.07, 6.45) is 0. The van der Waals surface area contributed by atoms with Crippen LogP contribution < -0.4 is 10.8 Å². The molecule has 3 rings (SSSR count). The molecule has 0 atom stereocenters. The van der Waals surface area contributed by atoms with Crippen molar-refractivity contribution in [1.29, 1.82) is 0 Å². The molecule has 0 bridgehead atoms. The molecule has 1 amide bonds. The van der Waals surface area contributed by atoms with E-state index in [9.17, 15) is 4.79 Å². The van der Waals surface area contributed by atoms with Gasteiger partial charge in [-0.1, -0.05) is 12.1 Å². The summed E-state index contributed by atoms with van der Waals surface area (Å²) < 4.78 is 12.1. The fourth-order valence-electron chi connectivity index (χ4n) is 2.84. The molecule has 1 fully saturated rings. The molecular formula is C16H22BNO3. The van der Waals surface area contributed by atoms with Crippen molar-refractivity contribution in [2.45, 2.75) is 58.3 Å². The van der Waals surface area contributed by atoms with Crippen LogP contribution in [-0.4, -0.2) is 24.2 Å². The average Bonchev–Trinajstić information content (AvgIpc) is 2.70. The van der Waals surface area contributed by atoms with Gasteiger partial charge in [0.25, 0.3) is 5.91 Å². The number of carbonyl (C=O) groups excluding carboxylic acids is 1. The van der Waals surface area contributed by atoms with E-state index in [2.05, 4.69) is 5.32 Å². The third-order valence-corrected chi connectivity index (χ3v) is 4.91. The number of nitrogens with one attached hydrogen (secondary N) is 1. The van der Waals surface area contributed by atoms with Gasteiger partial charge in [0.1, 0.15) is 0 Å². The number of benzene rings is 1. The number of rotatable bonds is 1. The van der Waals surface area contributed by atoms with Gasteiger partial charge in [0.05, 0.1) is 16.7 Å². The van der Waals surface area contributed by atoms with E-state index in [-0.39, 0.29) is 22.6 Å². The van der Waals surface area contributed by atoms with Crippen LogP contribution in [0.15, 0.2) is 18.2 Å². The zero-order chi connectivity index (χ0) is 15.6. The Morgan fingerprint density at radius 2 is 1.57 bits per heavy atom. The van der Waals surface area contributed by atoms with Crippen molar-refractivity contribution >= 4 is 18.5 Å². The maximum atomic E-state index is 12.1. The Kier molecular flexibility index (Phi) is 2.86. The summed E-state index contributed by atoms with van der Waals surface area (Å²) in [4.78, 5) is 12.1. The molecule has 1 saturated heterocycles. The standard InChI is InChI=1S/C16H22BNO3/c1-14(2)12-8-7-10(9-11(12)13(19)18-14)17-20-15(3,4)16(5,6)21-17/h7-9H,1-6H3,(H,18,19). The second-order valence-electron chi connectivity index (χ2n) is 7.47. The topological polar surface area (TPSA) is 47.6 Å². The molecule has 2 aliphatic rings. The maximum Gasteiger partial charge on any atom is 0.494 e. The van der Waals surface area contributed by atoms with E-state index in [1.165, 1.54) is 0 Å². The molecule has 0 radical (unpaired) electrons. The van der Waals surface area contributed by atoms with E-state index in [0.29, 0.717) is 5.56 Å².